The Labute approximate surface area is 193 Å². The average Bonchev–Trinajstić information content (AvgIpc) is 3.23. The molecule has 1 aromatic heterocycles. The Kier molecular flexibility index (Phi) is 5.60. The maximum absolute atomic E-state index is 13.0. The first-order chi connectivity index (χ1) is 15.4. The van der Waals surface area contributed by atoms with Gasteiger partial charge in [-0.3, -0.25) is 10.1 Å². The second-order valence-corrected chi connectivity index (χ2v) is 10.6. The molecule has 1 amide bonds. The lowest BCUT2D eigenvalue weighted by atomic mass is 10.1. The fourth-order valence-corrected chi connectivity index (χ4v) is 6.44. The molecule has 0 aliphatic carbocycles. The van der Waals surface area contributed by atoms with Crippen molar-refractivity contribution in [3.63, 3.8) is 0 Å². The topological polar surface area (TPSA) is 88.6 Å². The first-order valence-corrected chi connectivity index (χ1v) is 12.5. The normalized spacial score (nSPS) is 15.3. The number of carbonyl (C=O) groups excluding carboxylic acids is 1. The van der Waals surface area contributed by atoms with Crippen molar-refractivity contribution in [3.05, 3.63) is 65.2 Å². The van der Waals surface area contributed by atoms with Crippen LogP contribution in [0.5, 0.6) is 0 Å². The van der Waals surface area contributed by atoms with E-state index in [9.17, 15) is 13.2 Å². The van der Waals surface area contributed by atoms with Gasteiger partial charge in [0.05, 0.1) is 28.5 Å². The average molecular weight is 488 g/mol. The Hall–Kier alpha value is -2.56. The number of carbonyl (C=O) groups is 1. The molecule has 2 heterocycles. The largest absolute Gasteiger partial charge is 0.379 e. The van der Waals surface area contributed by atoms with Gasteiger partial charge in [-0.05, 0) is 29.7 Å². The van der Waals surface area contributed by atoms with E-state index in [1.807, 2.05) is 36.4 Å². The summed E-state index contributed by atoms with van der Waals surface area (Å²) in [6, 6.07) is 16.1. The Morgan fingerprint density at radius 2 is 1.88 bits per heavy atom. The molecule has 1 saturated heterocycles. The highest BCUT2D eigenvalue weighted by molar-refractivity contribution is 7.89. The summed E-state index contributed by atoms with van der Waals surface area (Å²) in [4.78, 5) is 17.4. The Morgan fingerprint density at radius 1 is 1.09 bits per heavy atom. The number of benzene rings is 3. The molecule has 1 N–H and O–H groups in total. The number of sulfonamides is 1. The third-order valence-corrected chi connectivity index (χ3v) is 8.60. The molecule has 164 valence electrons. The molecule has 1 fully saturated rings. The Bertz CT molecular complexity index is 1450. The number of hydrogen-bond donors (Lipinski definition) is 1. The van der Waals surface area contributed by atoms with E-state index < -0.39 is 15.9 Å². The number of amides is 1. The first kappa shape index (κ1) is 21.3. The third kappa shape index (κ3) is 3.87. The van der Waals surface area contributed by atoms with Crippen LogP contribution in [0, 0.1) is 0 Å². The predicted molar refractivity (Wildman–Crippen MR) is 126 cm³/mol. The van der Waals surface area contributed by atoms with Gasteiger partial charge in [-0.2, -0.15) is 4.31 Å². The van der Waals surface area contributed by atoms with Crippen LogP contribution in [0.25, 0.3) is 21.0 Å². The van der Waals surface area contributed by atoms with Crippen molar-refractivity contribution in [2.45, 2.75) is 4.90 Å². The minimum Gasteiger partial charge on any atom is -0.379 e. The van der Waals surface area contributed by atoms with Gasteiger partial charge in [-0.1, -0.05) is 53.3 Å². The molecule has 5 rings (SSSR count). The Morgan fingerprint density at radius 3 is 2.69 bits per heavy atom. The van der Waals surface area contributed by atoms with Gasteiger partial charge in [0.15, 0.2) is 5.13 Å². The molecule has 3 aromatic carbocycles. The van der Waals surface area contributed by atoms with Gasteiger partial charge in [0.25, 0.3) is 5.91 Å². The van der Waals surface area contributed by atoms with Gasteiger partial charge in [0.2, 0.25) is 10.0 Å². The molecule has 1 aliphatic rings. The number of thiazole rings is 1. The minimum absolute atomic E-state index is 0.0690. The minimum atomic E-state index is -3.84. The van der Waals surface area contributed by atoms with Crippen LogP contribution in [0.15, 0.2) is 59.5 Å². The van der Waals surface area contributed by atoms with Crippen LogP contribution in [0.2, 0.25) is 5.02 Å². The number of nitrogens with one attached hydrogen (secondary N) is 1. The zero-order chi connectivity index (χ0) is 22.3. The zero-order valence-corrected chi connectivity index (χ0v) is 19.1. The maximum atomic E-state index is 13.0. The highest BCUT2D eigenvalue weighted by atomic mass is 35.5. The van der Waals surface area contributed by atoms with Crippen molar-refractivity contribution in [3.8, 4) is 0 Å². The van der Waals surface area contributed by atoms with Gasteiger partial charge < -0.3 is 4.74 Å². The van der Waals surface area contributed by atoms with Crippen LogP contribution in [0.3, 0.4) is 0 Å². The van der Waals surface area contributed by atoms with Crippen LogP contribution in [0.4, 0.5) is 5.13 Å². The van der Waals surface area contributed by atoms with Gasteiger partial charge in [-0.25, -0.2) is 13.4 Å². The number of aromatic nitrogens is 1. The number of morpholine rings is 1. The molecule has 10 heteroatoms. The molecule has 0 radical (unpaired) electrons. The third-order valence-electron chi connectivity index (χ3n) is 5.29. The smallest absolute Gasteiger partial charge is 0.257 e. The van der Waals surface area contributed by atoms with E-state index in [1.54, 1.807) is 0 Å². The summed E-state index contributed by atoms with van der Waals surface area (Å²) >= 11 is 7.56. The molecular formula is C22H18ClN3O4S2. The quantitative estimate of drug-likeness (QED) is 0.461. The van der Waals surface area contributed by atoms with Crippen LogP contribution in [-0.4, -0.2) is 49.9 Å². The number of anilines is 1. The Balaban J connectivity index is 1.45. The van der Waals surface area contributed by atoms with Crippen molar-refractivity contribution in [2.75, 3.05) is 31.6 Å². The molecule has 0 saturated carbocycles. The zero-order valence-electron chi connectivity index (χ0n) is 16.7. The predicted octanol–water partition coefficient (Wildman–Crippen LogP) is 4.38. The maximum Gasteiger partial charge on any atom is 0.257 e. The summed E-state index contributed by atoms with van der Waals surface area (Å²) < 4.78 is 33.6. The number of rotatable bonds is 4. The van der Waals surface area contributed by atoms with Crippen LogP contribution >= 0.6 is 22.9 Å². The lowest BCUT2D eigenvalue weighted by Crippen LogP contribution is -2.40. The lowest BCUT2D eigenvalue weighted by molar-refractivity contribution is 0.0730. The molecule has 1 aliphatic heterocycles. The van der Waals surface area contributed by atoms with E-state index in [0.29, 0.717) is 18.3 Å². The monoisotopic (exact) mass is 487 g/mol. The number of halogens is 1. The standard InChI is InChI=1S/C22H18ClN3O4S2/c23-17-7-5-15(13-19(17)32(28,29)26-9-11-30-12-10-26)21(27)25-22-24-20-16-4-2-1-3-14(16)6-8-18(20)31-22/h1-8,13H,9-12H2,(H,24,25,27). The summed E-state index contributed by atoms with van der Waals surface area (Å²) in [5.74, 6) is -0.455. The summed E-state index contributed by atoms with van der Waals surface area (Å²) in [5.41, 5.74) is 1.00. The molecule has 0 bridgehead atoms. The molecule has 0 unspecified atom stereocenters. The number of hydrogen-bond acceptors (Lipinski definition) is 6. The van der Waals surface area contributed by atoms with Gasteiger partial charge in [0, 0.05) is 24.0 Å². The highest BCUT2D eigenvalue weighted by Crippen LogP contribution is 2.32. The van der Waals surface area contributed by atoms with Crippen LogP contribution in [0.1, 0.15) is 10.4 Å². The molecule has 0 spiro atoms. The van der Waals surface area contributed by atoms with Gasteiger partial charge in [-0.15, -0.1) is 0 Å². The highest BCUT2D eigenvalue weighted by Gasteiger charge is 2.29. The molecule has 7 nitrogen and oxygen atoms in total. The van der Waals surface area contributed by atoms with Crippen molar-refractivity contribution in [2.24, 2.45) is 0 Å². The van der Waals surface area contributed by atoms with E-state index in [-0.39, 0.29) is 28.6 Å². The van der Waals surface area contributed by atoms with Crippen molar-refractivity contribution in [1.82, 2.24) is 9.29 Å². The van der Waals surface area contributed by atoms with E-state index in [4.69, 9.17) is 16.3 Å². The number of nitrogens with zero attached hydrogens (tertiary/aromatic N) is 2. The summed E-state index contributed by atoms with van der Waals surface area (Å²) in [6.07, 6.45) is 0. The number of fused-ring (bicyclic) bond motifs is 3. The summed E-state index contributed by atoms with van der Waals surface area (Å²) in [7, 11) is -3.84. The molecular weight excluding hydrogens is 470 g/mol. The summed E-state index contributed by atoms with van der Waals surface area (Å²) in [6.45, 7) is 1.14. The van der Waals surface area contributed by atoms with E-state index >= 15 is 0 Å². The van der Waals surface area contributed by atoms with Crippen molar-refractivity contribution < 1.29 is 17.9 Å². The molecule has 32 heavy (non-hydrogen) atoms. The summed E-state index contributed by atoms with van der Waals surface area (Å²) in [5, 5.41) is 5.37. The van der Waals surface area contributed by atoms with Gasteiger partial charge in [0.1, 0.15) is 4.90 Å². The fraction of sp³-hybridized carbons (Fsp3) is 0.182. The second-order valence-electron chi connectivity index (χ2n) is 7.27. The molecule has 0 atom stereocenters. The van der Waals surface area contributed by atoms with Gasteiger partial charge >= 0.3 is 0 Å². The lowest BCUT2D eigenvalue weighted by Gasteiger charge is -2.26. The van der Waals surface area contributed by atoms with E-state index in [1.165, 1.54) is 33.8 Å². The van der Waals surface area contributed by atoms with Crippen molar-refractivity contribution in [1.29, 1.82) is 0 Å². The number of ether oxygens (including phenoxy) is 1. The van der Waals surface area contributed by atoms with E-state index in [2.05, 4.69) is 10.3 Å². The van der Waals surface area contributed by atoms with E-state index in [0.717, 1.165) is 21.0 Å². The first-order valence-electron chi connectivity index (χ1n) is 9.90. The van der Waals surface area contributed by atoms with Crippen LogP contribution in [-0.2, 0) is 14.8 Å². The van der Waals surface area contributed by atoms with Crippen LogP contribution < -0.4 is 5.32 Å². The SMILES string of the molecule is O=C(Nc1nc2c(ccc3ccccc32)s1)c1ccc(Cl)c(S(=O)(=O)N2CCOCC2)c1. The van der Waals surface area contributed by atoms with Crippen molar-refractivity contribution >= 4 is 65.0 Å². The second kappa shape index (κ2) is 8.42. The molecule has 4 aromatic rings. The fourth-order valence-electron chi connectivity index (χ4n) is 3.65.